The molecule has 1 saturated heterocycles. The lowest BCUT2D eigenvalue weighted by Gasteiger charge is -2.31. The molecule has 0 aliphatic carbocycles. The first-order valence-electron chi connectivity index (χ1n) is 7.37. The number of nitrogens with zero attached hydrogens (tertiary/aromatic N) is 1. The summed E-state index contributed by atoms with van der Waals surface area (Å²) in [7, 11) is 1.42. The number of hydrogen-bond acceptors (Lipinski definition) is 5. The fraction of sp³-hybridized carbons (Fsp3) is 0.438. The van der Waals surface area contributed by atoms with Gasteiger partial charge in [0.15, 0.2) is 6.04 Å². The van der Waals surface area contributed by atoms with E-state index < -0.39 is 6.04 Å². The Bertz CT molecular complexity index is 585. The third kappa shape index (κ3) is 3.19. The van der Waals surface area contributed by atoms with Gasteiger partial charge in [0.25, 0.3) is 0 Å². The average molecular weight is 367 g/mol. The topological polar surface area (TPSA) is 50.8 Å². The number of rotatable bonds is 3. The van der Waals surface area contributed by atoms with E-state index in [-0.39, 0.29) is 5.97 Å². The quantitative estimate of drug-likeness (QED) is 0.832. The molecule has 3 rings (SSSR count). The third-order valence-electron chi connectivity index (χ3n) is 4.05. The molecule has 1 unspecified atom stereocenters. The number of methoxy groups -OCH3 is 1. The van der Waals surface area contributed by atoms with Crippen LogP contribution in [0.5, 0.6) is 0 Å². The van der Waals surface area contributed by atoms with Crippen molar-refractivity contribution in [3.8, 4) is 0 Å². The molecule has 2 aliphatic heterocycles. The first-order chi connectivity index (χ1) is 10.7. The van der Waals surface area contributed by atoms with Crippen LogP contribution >= 0.6 is 15.9 Å². The molecule has 0 bridgehead atoms. The van der Waals surface area contributed by atoms with Crippen LogP contribution in [0, 0.1) is 0 Å². The number of nitrogens with one attached hydrogen (secondary N) is 1. The summed E-state index contributed by atoms with van der Waals surface area (Å²) in [4.78, 5) is 12.1. The SMILES string of the molecule is COC(=O)C1NN(C2CCOCC2)C=C1c1cccc(Br)c1. The van der Waals surface area contributed by atoms with Crippen molar-refractivity contribution in [3.05, 3.63) is 40.5 Å². The second-order valence-corrected chi connectivity index (χ2v) is 6.35. The number of esters is 1. The number of benzene rings is 1. The Kier molecular flexibility index (Phi) is 4.81. The Morgan fingerprint density at radius 3 is 2.86 bits per heavy atom. The Hall–Kier alpha value is -1.37. The molecule has 118 valence electrons. The molecular formula is C16H19BrN2O3. The van der Waals surface area contributed by atoms with Crippen LogP contribution in [0.25, 0.3) is 5.57 Å². The summed E-state index contributed by atoms with van der Waals surface area (Å²) in [6, 6.07) is 7.81. The highest BCUT2D eigenvalue weighted by atomic mass is 79.9. The lowest BCUT2D eigenvalue weighted by Crippen LogP contribution is -2.47. The predicted octanol–water partition coefficient (Wildman–Crippen LogP) is 2.33. The molecule has 1 N–H and O–H groups in total. The van der Waals surface area contributed by atoms with Gasteiger partial charge in [0.2, 0.25) is 0 Å². The lowest BCUT2D eigenvalue weighted by molar-refractivity contribution is -0.142. The smallest absolute Gasteiger partial charge is 0.329 e. The van der Waals surface area contributed by atoms with E-state index >= 15 is 0 Å². The molecule has 0 radical (unpaired) electrons. The van der Waals surface area contributed by atoms with Gasteiger partial charge in [0.05, 0.1) is 7.11 Å². The Morgan fingerprint density at radius 1 is 1.41 bits per heavy atom. The van der Waals surface area contributed by atoms with Gasteiger partial charge < -0.3 is 14.5 Å². The van der Waals surface area contributed by atoms with Crippen molar-refractivity contribution in [3.63, 3.8) is 0 Å². The van der Waals surface area contributed by atoms with E-state index in [1.165, 1.54) is 7.11 Å². The van der Waals surface area contributed by atoms with E-state index in [1.807, 2.05) is 35.5 Å². The van der Waals surface area contributed by atoms with Crippen LogP contribution in [0.1, 0.15) is 18.4 Å². The highest BCUT2D eigenvalue weighted by Crippen LogP contribution is 2.29. The summed E-state index contributed by atoms with van der Waals surface area (Å²) in [5, 5.41) is 2.04. The number of hydrogen-bond donors (Lipinski definition) is 1. The number of ether oxygens (including phenoxy) is 2. The number of carbonyl (C=O) groups is 1. The maximum atomic E-state index is 12.1. The van der Waals surface area contributed by atoms with Crippen molar-refractivity contribution in [2.75, 3.05) is 20.3 Å². The van der Waals surface area contributed by atoms with E-state index in [9.17, 15) is 4.79 Å². The highest BCUT2D eigenvalue weighted by Gasteiger charge is 2.35. The van der Waals surface area contributed by atoms with Crippen molar-refractivity contribution in [2.24, 2.45) is 0 Å². The van der Waals surface area contributed by atoms with Crippen LogP contribution in [0.4, 0.5) is 0 Å². The van der Waals surface area contributed by atoms with Gasteiger partial charge in [-0.1, -0.05) is 28.1 Å². The number of halogens is 1. The van der Waals surface area contributed by atoms with E-state index in [0.717, 1.165) is 41.7 Å². The van der Waals surface area contributed by atoms with Gasteiger partial charge in [-0.05, 0) is 30.5 Å². The van der Waals surface area contributed by atoms with Gasteiger partial charge in [-0.3, -0.25) is 0 Å². The standard InChI is InChI=1S/C16H19BrN2O3/c1-21-16(20)15-14(11-3-2-4-12(17)9-11)10-19(18-15)13-5-7-22-8-6-13/h2-4,9-10,13,15,18H,5-8H2,1H3. The summed E-state index contributed by atoms with van der Waals surface area (Å²) < 4.78 is 11.3. The maximum Gasteiger partial charge on any atom is 0.329 e. The second-order valence-electron chi connectivity index (χ2n) is 5.43. The van der Waals surface area contributed by atoms with Crippen molar-refractivity contribution in [1.29, 1.82) is 0 Å². The fourth-order valence-electron chi connectivity index (χ4n) is 2.86. The normalized spacial score (nSPS) is 22.5. The zero-order valence-electron chi connectivity index (χ0n) is 12.4. The van der Waals surface area contributed by atoms with Crippen LogP contribution in [-0.2, 0) is 14.3 Å². The first kappa shape index (κ1) is 15.5. The molecule has 2 aliphatic rings. The summed E-state index contributed by atoms with van der Waals surface area (Å²) in [5.41, 5.74) is 5.21. The summed E-state index contributed by atoms with van der Waals surface area (Å²) >= 11 is 3.48. The highest BCUT2D eigenvalue weighted by molar-refractivity contribution is 9.10. The molecule has 0 spiro atoms. The lowest BCUT2D eigenvalue weighted by atomic mass is 10.0. The molecule has 1 aromatic rings. The molecule has 1 atom stereocenters. The minimum Gasteiger partial charge on any atom is -0.468 e. The maximum absolute atomic E-state index is 12.1. The first-order valence-corrected chi connectivity index (χ1v) is 8.16. The summed E-state index contributed by atoms with van der Waals surface area (Å²) in [5.74, 6) is -0.277. The Morgan fingerprint density at radius 2 is 2.18 bits per heavy atom. The molecule has 22 heavy (non-hydrogen) atoms. The van der Waals surface area contributed by atoms with Gasteiger partial charge in [-0.2, -0.15) is 0 Å². The fourth-order valence-corrected chi connectivity index (χ4v) is 3.26. The molecule has 1 aromatic carbocycles. The Balaban J connectivity index is 1.89. The minimum absolute atomic E-state index is 0.277. The van der Waals surface area contributed by atoms with Crippen molar-refractivity contribution >= 4 is 27.5 Å². The van der Waals surface area contributed by atoms with Gasteiger partial charge in [-0.15, -0.1) is 0 Å². The zero-order valence-corrected chi connectivity index (χ0v) is 14.0. The van der Waals surface area contributed by atoms with Crippen molar-refractivity contribution < 1.29 is 14.3 Å². The largest absolute Gasteiger partial charge is 0.468 e. The van der Waals surface area contributed by atoms with Gasteiger partial charge in [0, 0.05) is 35.5 Å². The van der Waals surface area contributed by atoms with Gasteiger partial charge in [-0.25, -0.2) is 10.2 Å². The van der Waals surface area contributed by atoms with Crippen LogP contribution in [-0.4, -0.2) is 43.4 Å². The number of hydrazine groups is 1. The molecular weight excluding hydrogens is 348 g/mol. The van der Waals surface area contributed by atoms with Crippen molar-refractivity contribution in [2.45, 2.75) is 24.9 Å². The second kappa shape index (κ2) is 6.81. The molecule has 0 aromatic heterocycles. The molecule has 2 heterocycles. The molecule has 0 saturated carbocycles. The van der Waals surface area contributed by atoms with E-state index in [2.05, 4.69) is 21.4 Å². The van der Waals surface area contributed by atoms with Gasteiger partial charge in [0.1, 0.15) is 0 Å². The van der Waals surface area contributed by atoms with Gasteiger partial charge >= 0.3 is 5.97 Å². The minimum atomic E-state index is -0.470. The van der Waals surface area contributed by atoms with Crippen LogP contribution in [0.3, 0.4) is 0 Å². The average Bonchev–Trinajstić information content (AvgIpc) is 3.00. The number of carbonyl (C=O) groups excluding carboxylic acids is 1. The van der Waals surface area contributed by atoms with E-state index in [0.29, 0.717) is 6.04 Å². The summed E-state index contributed by atoms with van der Waals surface area (Å²) in [6.07, 6.45) is 3.92. The monoisotopic (exact) mass is 366 g/mol. The molecule has 6 heteroatoms. The molecule has 0 amide bonds. The van der Waals surface area contributed by atoms with Crippen molar-refractivity contribution in [1.82, 2.24) is 10.4 Å². The third-order valence-corrected chi connectivity index (χ3v) is 4.54. The predicted molar refractivity (Wildman–Crippen MR) is 86.7 cm³/mol. The Labute approximate surface area is 138 Å². The molecule has 1 fully saturated rings. The van der Waals surface area contributed by atoms with E-state index in [1.54, 1.807) is 0 Å². The van der Waals surface area contributed by atoms with Crippen LogP contribution in [0.15, 0.2) is 34.9 Å². The van der Waals surface area contributed by atoms with Crippen LogP contribution in [0.2, 0.25) is 0 Å². The van der Waals surface area contributed by atoms with E-state index in [4.69, 9.17) is 9.47 Å². The van der Waals surface area contributed by atoms with Crippen LogP contribution < -0.4 is 5.43 Å². The zero-order chi connectivity index (χ0) is 15.5. The molecule has 5 nitrogen and oxygen atoms in total. The summed E-state index contributed by atoms with van der Waals surface area (Å²) in [6.45, 7) is 1.51.